The van der Waals surface area contributed by atoms with Crippen molar-refractivity contribution in [3.05, 3.63) is 52.3 Å². The van der Waals surface area contributed by atoms with Crippen LogP contribution in [0.1, 0.15) is 5.56 Å². The SMILES string of the molecule is COc1cccc(Cl)c1CNS(=O)(=O)c1ccnc(Cl)c1. The quantitative estimate of drug-likeness (QED) is 0.845. The molecule has 5 nitrogen and oxygen atoms in total. The van der Waals surface area contributed by atoms with Gasteiger partial charge in [0.1, 0.15) is 10.9 Å². The first-order valence-corrected chi connectivity index (χ1v) is 8.10. The van der Waals surface area contributed by atoms with E-state index in [1.807, 2.05) is 0 Å². The lowest BCUT2D eigenvalue weighted by Crippen LogP contribution is -2.23. The number of pyridine rings is 1. The van der Waals surface area contributed by atoms with Crippen LogP contribution in [0.15, 0.2) is 41.4 Å². The summed E-state index contributed by atoms with van der Waals surface area (Å²) in [5.74, 6) is 0.512. The standard InChI is InChI=1S/C13H12Cl2N2O3S/c1-20-12-4-2-3-11(14)10(12)8-17-21(18,19)9-5-6-16-13(15)7-9/h2-7,17H,8H2,1H3. The molecule has 0 bridgehead atoms. The molecule has 1 aromatic heterocycles. The van der Waals surface area contributed by atoms with Gasteiger partial charge in [-0.15, -0.1) is 0 Å². The third-order valence-electron chi connectivity index (χ3n) is 2.74. The van der Waals surface area contributed by atoms with Crippen molar-refractivity contribution in [2.45, 2.75) is 11.4 Å². The van der Waals surface area contributed by atoms with Crippen LogP contribution in [0.5, 0.6) is 5.75 Å². The monoisotopic (exact) mass is 346 g/mol. The van der Waals surface area contributed by atoms with Crippen LogP contribution in [0.3, 0.4) is 0 Å². The molecule has 2 aromatic rings. The van der Waals surface area contributed by atoms with Gasteiger partial charge in [-0.1, -0.05) is 29.3 Å². The lowest BCUT2D eigenvalue weighted by Gasteiger charge is -2.11. The Balaban J connectivity index is 2.24. The van der Waals surface area contributed by atoms with Crippen molar-refractivity contribution in [3.8, 4) is 5.75 Å². The summed E-state index contributed by atoms with van der Waals surface area (Å²) in [6, 6.07) is 7.73. The Hall–Kier alpha value is -1.34. The molecule has 1 heterocycles. The van der Waals surface area contributed by atoms with E-state index in [0.717, 1.165) is 0 Å². The van der Waals surface area contributed by atoms with Crippen molar-refractivity contribution < 1.29 is 13.2 Å². The molecular weight excluding hydrogens is 335 g/mol. The summed E-state index contributed by atoms with van der Waals surface area (Å²) >= 11 is 11.8. The van der Waals surface area contributed by atoms with Crippen LogP contribution in [0.25, 0.3) is 0 Å². The summed E-state index contributed by atoms with van der Waals surface area (Å²) in [5, 5.41) is 0.526. The van der Waals surface area contributed by atoms with Gasteiger partial charge in [-0.05, 0) is 24.3 Å². The fourth-order valence-electron chi connectivity index (χ4n) is 1.70. The van der Waals surface area contributed by atoms with E-state index >= 15 is 0 Å². The minimum absolute atomic E-state index is 0.00508. The van der Waals surface area contributed by atoms with Crippen LogP contribution >= 0.6 is 23.2 Å². The first-order chi connectivity index (χ1) is 9.94. The van der Waals surface area contributed by atoms with Gasteiger partial charge < -0.3 is 4.74 Å². The number of hydrogen-bond acceptors (Lipinski definition) is 4. The Morgan fingerprint density at radius 2 is 2.05 bits per heavy atom. The van der Waals surface area contributed by atoms with Gasteiger partial charge in [0.15, 0.2) is 0 Å². The largest absolute Gasteiger partial charge is 0.496 e. The summed E-state index contributed by atoms with van der Waals surface area (Å²) in [4.78, 5) is 3.78. The number of sulfonamides is 1. The number of benzene rings is 1. The smallest absolute Gasteiger partial charge is 0.241 e. The molecular formula is C13H12Cl2N2O3S. The van der Waals surface area contributed by atoms with Gasteiger partial charge in [0.25, 0.3) is 0 Å². The first-order valence-electron chi connectivity index (χ1n) is 5.86. The molecule has 0 unspecified atom stereocenters. The molecule has 112 valence electrons. The molecule has 0 saturated carbocycles. The van der Waals surface area contributed by atoms with E-state index in [0.29, 0.717) is 16.3 Å². The van der Waals surface area contributed by atoms with Gasteiger partial charge >= 0.3 is 0 Å². The van der Waals surface area contributed by atoms with Gasteiger partial charge in [0.2, 0.25) is 10.0 Å². The van der Waals surface area contributed by atoms with Gasteiger partial charge in [0.05, 0.1) is 12.0 Å². The predicted octanol–water partition coefficient (Wildman–Crippen LogP) is 2.88. The second kappa shape index (κ2) is 6.62. The van der Waals surface area contributed by atoms with Crippen LogP contribution in [-0.4, -0.2) is 20.5 Å². The molecule has 0 aliphatic rings. The summed E-state index contributed by atoms with van der Waals surface area (Å²) in [6.07, 6.45) is 1.33. The van der Waals surface area contributed by atoms with Crippen molar-refractivity contribution in [1.82, 2.24) is 9.71 Å². The average Bonchev–Trinajstić information content (AvgIpc) is 2.45. The molecule has 21 heavy (non-hydrogen) atoms. The van der Waals surface area contributed by atoms with Crippen LogP contribution < -0.4 is 9.46 Å². The summed E-state index contributed by atoms with van der Waals surface area (Å²) < 4.78 is 32.0. The summed E-state index contributed by atoms with van der Waals surface area (Å²) in [6.45, 7) is 0.00508. The number of nitrogens with one attached hydrogen (secondary N) is 1. The van der Waals surface area contributed by atoms with Crippen molar-refractivity contribution in [3.63, 3.8) is 0 Å². The fraction of sp³-hybridized carbons (Fsp3) is 0.154. The second-order valence-corrected chi connectivity index (χ2v) is 6.62. The molecule has 0 aliphatic heterocycles. The van der Waals surface area contributed by atoms with Crippen molar-refractivity contribution in [2.75, 3.05) is 7.11 Å². The van der Waals surface area contributed by atoms with Gasteiger partial charge in [-0.25, -0.2) is 18.1 Å². The van der Waals surface area contributed by atoms with Crippen LogP contribution in [0.4, 0.5) is 0 Å². The Labute approximate surface area is 132 Å². The Morgan fingerprint density at radius 1 is 1.29 bits per heavy atom. The maximum absolute atomic E-state index is 12.2. The topological polar surface area (TPSA) is 68.3 Å². The molecule has 1 aromatic carbocycles. The highest BCUT2D eigenvalue weighted by Crippen LogP contribution is 2.26. The second-order valence-electron chi connectivity index (χ2n) is 4.06. The molecule has 1 N–H and O–H groups in total. The summed E-state index contributed by atoms with van der Waals surface area (Å²) in [7, 11) is -2.22. The molecule has 8 heteroatoms. The molecule has 0 amide bonds. The highest BCUT2D eigenvalue weighted by molar-refractivity contribution is 7.89. The fourth-order valence-corrected chi connectivity index (χ4v) is 3.18. The van der Waals surface area contributed by atoms with Crippen molar-refractivity contribution >= 4 is 33.2 Å². The Morgan fingerprint density at radius 3 is 2.71 bits per heavy atom. The zero-order valence-corrected chi connectivity index (χ0v) is 13.3. The average molecular weight is 347 g/mol. The minimum Gasteiger partial charge on any atom is -0.496 e. The normalized spacial score (nSPS) is 11.4. The number of rotatable bonds is 5. The molecule has 0 saturated heterocycles. The van der Waals surface area contributed by atoms with Crippen LogP contribution in [-0.2, 0) is 16.6 Å². The maximum Gasteiger partial charge on any atom is 0.241 e. The maximum atomic E-state index is 12.2. The van der Waals surface area contributed by atoms with Gasteiger partial charge in [0, 0.05) is 23.3 Å². The number of ether oxygens (including phenoxy) is 1. The van der Waals surface area contributed by atoms with E-state index in [1.165, 1.54) is 25.4 Å². The Bertz CT molecular complexity index is 751. The molecule has 0 radical (unpaired) electrons. The number of hydrogen-bond donors (Lipinski definition) is 1. The van der Waals surface area contributed by atoms with Gasteiger partial charge in [-0.2, -0.15) is 0 Å². The Kier molecular flexibility index (Phi) is 5.05. The third-order valence-corrected chi connectivity index (χ3v) is 4.70. The highest BCUT2D eigenvalue weighted by atomic mass is 35.5. The highest BCUT2D eigenvalue weighted by Gasteiger charge is 2.16. The predicted molar refractivity (Wildman–Crippen MR) is 81.3 cm³/mol. The van der Waals surface area contributed by atoms with Crippen LogP contribution in [0.2, 0.25) is 10.2 Å². The van der Waals surface area contributed by atoms with Crippen molar-refractivity contribution in [2.24, 2.45) is 0 Å². The minimum atomic E-state index is -3.71. The van der Waals surface area contributed by atoms with E-state index < -0.39 is 10.0 Å². The van der Waals surface area contributed by atoms with Crippen molar-refractivity contribution in [1.29, 1.82) is 0 Å². The zero-order chi connectivity index (χ0) is 15.5. The number of methoxy groups -OCH3 is 1. The molecule has 0 atom stereocenters. The molecule has 2 rings (SSSR count). The lowest BCUT2D eigenvalue weighted by atomic mass is 10.2. The first kappa shape index (κ1) is 16.0. The molecule has 0 spiro atoms. The number of nitrogens with zero attached hydrogens (tertiary/aromatic N) is 1. The summed E-state index contributed by atoms with van der Waals surface area (Å²) in [5.41, 5.74) is 0.561. The lowest BCUT2D eigenvalue weighted by molar-refractivity contribution is 0.409. The number of aromatic nitrogens is 1. The third kappa shape index (κ3) is 3.85. The van der Waals surface area contributed by atoms with Crippen LogP contribution in [0, 0.1) is 0 Å². The number of halogens is 2. The van der Waals surface area contributed by atoms with E-state index in [2.05, 4.69) is 9.71 Å². The van der Waals surface area contributed by atoms with E-state index in [1.54, 1.807) is 18.2 Å². The van der Waals surface area contributed by atoms with Gasteiger partial charge in [-0.3, -0.25) is 0 Å². The molecule has 0 aliphatic carbocycles. The van der Waals surface area contributed by atoms with E-state index in [9.17, 15) is 8.42 Å². The molecule has 0 fully saturated rings. The zero-order valence-electron chi connectivity index (χ0n) is 11.0. The van der Waals surface area contributed by atoms with E-state index in [4.69, 9.17) is 27.9 Å². The van der Waals surface area contributed by atoms with E-state index in [-0.39, 0.29) is 16.6 Å².